The summed E-state index contributed by atoms with van der Waals surface area (Å²) in [6.45, 7) is 3.07. The Kier molecular flexibility index (Phi) is 3.69. The van der Waals surface area contributed by atoms with Gasteiger partial charge in [-0.3, -0.25) is 0 Å². The number of nitrogens with zero attached hydrogens (tertiary/aromatic N) is 1. The maximum atomic E-state index is 12.0. The summed E-state index contributed by atoms with van der Waals surface area (Å²) < 4.78 is 5.38. The van der Waals surface area contributed by atoms with Crippen molar-refractivity contribution < 1.29 is 9.53 Å². The van der Waals surface area contributed by atoms with E-state index in [9.17, 15) is 4.79 Å². The molecule has 102 valence electrons. The van der Waals surface area contributed by atoms with Crippen LogP contribution in [0.5, 0.6) is 0 Å². The molecule has 0 spiro atoms. The highest BCUT2D eigenvalue weighted by Gasteiger charge is 2.36. The average molecular weight is 260 g/mol. The molecule has 0 unspecified atom stereocenters. The first-order valence-electron chi connectivity index (χ1n) is 7.02. The molecule has 19 heavy (non-hydrogen) atoms. The Morgan fingerprint density at radius 2 is 2.16 bits per heavy atom. The number of hydrogen-bond donors (Lipinski definition) is 1. The van der Waals surface area contributed by atoms with Gasteiger partial charge in [-0.15, -0.1) is 0 Å². The predicted molar refractivity (Wildman–Crippen MR) is 72.7 cm³/mol. The molecule has 2 aliphatic heterocycles. The van der Waals surface area contributed by atoms with Crippen molar-refractivity contribution in [2.24, 2.45) is 5.92 Å². The van der Waals surface area contributed by atoms with Crippen LogP contribution in [0, 0.1) is 5.92 Å². The Labute approximate surface area is 113 Å². The van der Waals surface area contributed by atoms with Gasteiger partial charge in [-0.05, 0) is 30.9 Å². The number of nitrogens with one attached hydrogen (secondary N) is 1. The van der Waals surface area contributed by atoms with E-state index in [4.69, 9.17) is 4.74 Å². The first-order chi connectivity index (χ1) is 9.33. The Morgan fingerprint density at radius 1 is 1.32 bits per heavy atom. The van der Waals surface area contributed by atoms with Crippen LogP contribution in [0.1, 0.15) is 18.4 Å². The van der Waals surface area contributed by atoms with Crippen molar-refractivity contribution in [2.75, 3.05) is 19.6 Å². The molecule has 0 bridgehead atoms. The quantitative estimate of drug-likeness (QED) is 0.884. The van der Waals surface area contributed by atoms with Gasteiger partial charge in [-0.2, -0.15) is 0 Å². The molecular formula is C15H20N2O2. The number of fused-ring (bicyclic) bond motifs is 1. The van der Waals surface area contributed by atoms with Crippen LogP contribution in [-0.2, 0) is 11.3 Å². The Bertz CT molecular complexity index is 421. The van der Waals surface area contributed by atoms with E-state index in [-0.39, 0.29) is 6.09 Å². The fraction of sp³-hybridized carbons (Fsp3) is 0.533. The molecule has 1 N–H and O–H groups in total. The zero-order valence-electron chi connectivity index (χ0n) is 11.0. The second-order valence-electron chi connectivity index (χ2n) is 5.41. The molecule has 4 nitrogen and oxygen atoms in total. The van der Waals surface area contributed by atoms with E-state index in [0.29, 0.717) is 18.6 Å². The number of hydrogen-bond acceptors (Lipinski definition) is 3. The molecule has 3 rings (SSSR count). The Hall–Kier alpha value is -1.55. The van der Waals surface area contributed by atoms with E-state index in [1.807, 2.05) is 35.2 Å². The molecule has 2 aliphatic rings. The lowest BCUT2D eigenvalue weighted by Crippen LogP contribution is -2.41. The van der Waals surface area contributed by atoms with E-state index in [2.05, 4.69) is 5.32 Å². The minimum absolute atomic E-state index is 0.181. The predicted octanol–water partition coefficient (Wildman–Crippen LogP) is 2.01. The molecule has 0 aliphatic carbocycles. The number of ether oxygens (including phenoxy) is 1. The molecule has 1 amide bonds. The van der Waals surface area contributed by atoms with Crippen LogP contribution in [0.15, 0.2) is 30.3 Å². The van der Waals surface area contributed by atoms with Gasteiger partial charge in [0.05, 0.1) is 0 Å². The molecule has 4 heteroatoms. The molecule has 2 saturated heterocycles. The van der Waals surface area contributed by atoms with Crippen LogP contribution in [0.3, 0.4) is 0 Å². The first-order valence-corrected chi connectivity index (χ1v) is 7.02. The zero-order valence-corrected chi connectivity index (χ0v) is 11.0. The second kappa shape index (κ2) is 5.61. The van der Waals surface area contributed by atoms with Gasteiger partial charge in [-0.25, -0.2) is 4.79 Å². The number of amides is 1. The fourth-order valence-corrected chi connectivity index (χ4v) is 3.01. The van der Waals surface area contributed by atoms with Crippen molar-refractivity contribution in [1.82, 2.24) is 10.2 Å². The van der Waals surface area contributed by atoms with E-state index < -0.39 is 0 Å². The summed E-state index contributed by atoms with van der Waals surface area (Å²) in [5, 5.41) is 3.49. The SMILES string of the molecule is O=C(OCc1ccccc1)N1C[C@@H]2CCCN[C@@H]2C1. The Morgan fingerprint density at radius 3 is 2.95 bits per heavy atom. The van der Waals surface area contributed by atoms with Gasteiger partial charge in [0.15, 0.2) is 0 Å². The van der Waals surface area contributed by atoms with Crippen LogP contribution >= 0.6 is 0 Å². The van der Waals surface area contributed by atoms with E-state index in [0.717, 1.165) is 25.2 Å². The van der Waals surface area contributed by atoms with Gasteiger partial charge in [0.1, 0.15) is 6.61 Å². The minimum atomic E-state index is -0.181. The standard InChI is InChI=1S/C15H20N2O2/c18-15(19-11-12-5-2-1-3-6-12)17-9-13-7-4-8-16-14(13)10-17/h1-3,5-6,13-14,16H,4,7-11H2/t13-,14+/m0/s1. The molecule has 0 saturated carbocycles. The van der Waals surface area contributed by atoms with E-state index >= 15 is 0 Å². The third kappa shape index (κ3) is 2.89. The van der Waals surface area contributed by atoms with Gasteiger partial charge in [0, 0.05) is 19.1 Å². The van der Waals surface area contributed by atoms with Gasteiger partial charge in [0.25, 0.3) is 0 Å². The highest BCUT2D eigenvalue weighted by Crippen LogP contribution is 2.25. The molecule has 2 fully saturated rings. The number of benzene rings is 1. The van der Waals surface area contributed by atoms with Crippen LogP contribution in [-0.4, -0.2) is 36.7 Å². The van der Waals surface area contributed by atoms with Crippen molar-refractivity contribution in [3.8, 4) is 0 Å². The lowest BCUT2D eigenvalue weighted by atomic mass is 9.94. The highest BCUT2D eigenvalue weighted by molar-refractivity contribution is 5.68. The largest absolute Gasteiger partial charge is 0.445 e. The normalized spacial score (nSPS) is 26.0. The summed E-state index contributed by atoms with van der Waals surface area (Å²) in [7, 11) is 0. The summed E-state index contributed by atoms with van der Waals surface area (Å²) in [5.41, 5.74) is 1.03. The van der Waals surface area contributed by atoms with Gasteiger partial charge in [0.2, 0.25) is 0 Å². The molecular weight excluding hydrogens is 240 g/mol. The van der Waals surface area contributed by atoms with Crippen molar-refractivity contribution in [3.05, 3.63) is 35.9 Å². The number of carbonyl (C=O) groups excluding carboxylic acids is 1. The molecule has 0 radical (unpaired) electrons. The second-order valence-corrected chi connectivity index (χ2v) is 5.41. The number of rotatable bonds is 2. The maximum absolute atomic E-state index is 12.0. The Balaban J connectivity index is 1.51. The zero-order chi connectivity index (χ0) is 13.1. The first kappa shape index (κ1) is 12.5. The maximum Gasteiger partial charge on any atom is 0.410 e. The number of carbonyl (C=O) groups is 1. The molecule has 2 heterocycles. The minimum Gasteiger partial charge on any atom is -0.445 e. The third-order valence-corrected chi connectivity index (χ3v) is 4.06. The molecule has 0 aromatic heterocycles. The van der Waals surface area contributed by atoms with Gasteiger partial charge in [-0.1, -0.05) is 30.3 Å². The topological polar surface area (TPSA) is 41.6 Å². The summed E-state index contributed by atoms with van der Waals surface area (Å²) in [6, 6.07) is 10.3. The lowest BCUT2D eigenvalue weighted by molar-refractivity contribution is 0.103. The summed E-state index contributed by atoms with van der Waals surface area (Å²) >= 11 is 0. The average Bonchev–Trinajstić information content (AvgIpc) is 2.90. The van der Waals surface area contributed by atoms with Gasteiger partial charge >= 0.3 is 6.09 Å². The van der Waals surface area contributed by atoms with Crippen LogP contribution in [0.4, 0.5) is 4.79 Å². The summed E-state index contributed by atoms with van der Waals surface area (Å²) in [4.78, 5) is 13.9. The molecule has 2 atom stereocenters. The monoisotopic (exact) mass is 260 g/mol. The molecule has 1 aromatic carbocycles. The highest BCUT2D eigenvalue weighted by atomic mass is 16.6. The van der Waals surface area contributed by atoms with Gasteiger partial charge < -0.3 is 15.0 Å². The fourth-order valence-electron chi connectivity index (χ4n) is 3.01. The van der Waals surface area contributed by atoms with Crippen molar-refractivity contribution >= 4 is 6.09 Å². The number of piperidine rings is 1. The van der Waals surface area contributed by atoms with Crippen LogP contribution in [0.2, 0.25) is 0 Å². The van der Waals surface area contributed by atoms with Crippen molar-refractivity contribution in [3.63, 3.8) is 0 Å². The van der Waals surface area contributed by atoms with E-state index in [1.165, 1.54) is 12.8 Å². The van der Waals surface area contributed by atoms with Crippen molar-refractivity contribution in [2.45, 2.75) is 25.5 Å². The smallest absolute Gasteiger partial charge is 0.410 e. The number of likely N-dealkylation sites (tertiary alicyclic amines) is 1. The van der Waals surface area contributed by atoms with Crippen LogP contribution < -0.4 is 5.32 Å². The van der Waals surface area contributed by atoms with Crippen molar-refractivity contribution in [1.29, 1.82) is 0 Å². The van der Waals surface area contributed by atoms with E-state index in [1.54, 1.807) is 0 Å². The third-order valence-electron chi connectivity index (χ3n) is 4.06. The lowest BCUT2D eigenvalue weighted by Gasteiger charge is -2.24. The summed E-state index contributed by atoms with van der Waals surface area (Å²) in [5.74, 6) is 0.609. The molecule has 1 aromatic rings. The van der Waals surface area contributed by atoms with Crippen LogP contribution in [0.25, 0.3) is 0 Å². The summed E-state index contributed by atoms with van der Waals surface area (Å²) in [6.07, 6.45) is 2.26.